The second-order valence-electron chi connectivity index (χ2n) is 3.92. The molecule has 104 valence electrons. The number of nitro benzene ring substituents is 1. The smallest absolute Gasteiger partial charge is 0.270 e. The highest BCUT2D eigenvalue weighted by Crippen LogP contribution is 2.24. The van der Waals surface area contributed by atoms with E-state index >= 15 is 0 Å². The first kappa shape index (κ1) is 14.4. The number of halogens is 1. The largest absolute Gasteiger partial charge is 0.496 e. The van der Waals surface area contributed by atoms with Gasteiger partial charge in [0.2, 0.25) is 0 Å². The second-order valence-corrected chi connectivity index (χ2v) is 5.17. The molecule has 0 atom stereocenters. The molecule has 0 radical (unpaired) electrons. The fourth-order valence-corrected chi connectivity index (χ4v) is 2.08. The Morgan fingerprint density at radius 1 is 1.45 bits per heavy atom. The van der Waals surface area contributed by atoms with E-state index in [0.29, 0.717) is 11.3 Å². The Morgan fingerprint density at radius 2 is 2.20 bits per heavy atom. The summed E-state index contributed by atoms with van der Waals surface area (Å²) >= 11 is 1.99. The molecule has 0 N–H and O–H groups in total. The van der Waals surface area contributed by atoms with Crippen LogP contribution in [0.25, 0.3) is 0 Å². The maximum Gasteiger partial charge on any atom is 0.270 e. The zero-order valence-corrected chi connectivity index (χ0v) is 12.6. The van der Waals surface area contributed by atoms with E-state index in [1.54, 1.807) is 6.20 Å². The third-order valence-corrected chi connectivity index (χ3v) is 3.22. The Kier molecular flexibility index (Phi) is 4.32. The van der Waals surface area contributed by atoms with Crippen LogP contribution in [-0.4, -0.2) is 21.8 Å². The van der Waals surface area contributed by atoms with E-state index in [2.05, 4.69) is 5.10 Å². The molecule has 0 saturated heterocycles. The summed E-state index contributed by atoms with van der Waals surface area (Å²) in [6.45, 7) is 0.112. The topological polar surface area (TPSA) is 87.3 Å². The molecular formula is C12H10IN3O4. The van der Waals surface area contributed by atoms with Crippen LogP contribution in [-0.2, 0) is 6.54 Å². The Bertz CT molecular complexity index is 714. The van der Waals surface area contributed by atoms with Crippen molar-refractivity contribution in [3.63, 3.8) is 0 Å². The van der Waals surface area contributed by atoms with Crippen LogP contribution in [0.2, 0.25) is 0 Å². The third kappa shape index (κ3) is 3.13. The van der Waals surface area contributed by atoms with Crippen LogP contribution in [0.3, 0.4) is 0 Å². The molecule has 7 nitrogen and oxygen atoms in total. The molecule has 0 saturated carbocycles. The molecular weight excluding hydrogens is 377 g/mol. The van der Waals surface area contributed by atoms with Gasteiger partial charge in [-0.05, 0) is 28.7 Å². The molecule has 2 aromatic rings. The number of rotatable bonds is 4. The fraction of sp³-hybridized carbons (Fsp3) is 0.167. The maximum atomic E-state index is 11.8. The Balaban J connectivity index is 2.43. The average molecular weight is 387 g/mol. The number of benzene rings is 1. The van der Waals surface area contributed by atoms with Crippen LogP contribution < -0.4 is 10.3 Å². The van der Waals surface area contributed by atoms with Crippen molar-refractivity contribution < 1.29 is 9.66 Å². The van der Waals surface area contributed by atoms with Gasteiger partial charge in [0.15, 0.2) is 0 Å². The monoisotopic (exact) mass is 387 g/mol. The number of nitrogens with zero attached hydrogens (tertiary/aromatic N) is 3. The van der Waals surface area contributed by atoms with E-state index in [1.165, 1.54) is 36.1 Å². The van der Waals surface area contributed by atoms with Crippen molar-refractivity contribution in [3.05, 3.63) is 60.1 Å². The van der Waals surface area contributed by atoms with E-state index in [4.69, 9.17) is 4.74 Å². The minimum atomic E-state index is -0.493. The number of ether oxygens (including phenoxy) is 1. The molecule has 0 aliphatic carbocycles. The summed E-state index contributed by atoms with van der Waals surface area (Å²) in [4.78, 5) is 22.1. The van der Waals surface area contributed by atoms with Crippen LogP contribution in [0, 0.1) is 13.7 Å². The van der Waals surface area contributed by atoms with E-state index in [0.717, 1.165) is 3.57 Å². The van der Waals surface area contributed by atoms with Gasteiger partial charge in [0.1, 0.15) is 5.75 Å². The lowest BCUT2D eigenvalue weighted by atomic mass is 10.1. The van der Waals surface area contributed by atoms with Crippen LogP contribution >= 0.6 is 22.6 Å². The Hall–Kier alpha value is -1.97. The summed E-state index contributed by atoms with van der Waals surface area (Å²) < 4.78 is 7.11. The number of hydrogen-bond donors (Lipinski definition) is 0. The molecule has 0 fully saturated rings. The highest BCUT2D eigenvalue weighted by molar-refractivity contribution is 14.1. The zero-order chi connectivity index (χ0) is 14.7. The van der Waals surface area contributed by atoms with Gasteiger partial charge in [0.25, 0.3) is 11.2 Å². The summed E-state index contributed by atoms with van der Waals surface area (Å²) in [5.74, 6) is 0.475. The SMILES string of the molecule is COc1ccc([N+](=O)[O-])cc1Cn1ncc(I)cc1=O. The summed E-state index contributed by atoms with van der Waals surface area (Å²) in [6.07, 6.45) is 1.55. The van der Waals surface area contributed by atoms with Gasteiger partial charge in [0.05, 0.1) is 24.8 Å². The van der Waals surface area contributed by atoms with Gasteiger partial charge in [0, 0.05) is 27.3 Å². The van der Waals surface area contributed by atoms with Crippen molar-refractivity contribution in [3.8, 4) is 5.75 Å². The van der Waals surface area contributed by atoms with Crippen molar-refractivity contribution >= 4 is 28.3 Å². The van der Waals surface area contributed by atoms with Crippen molar-refractivity contribution in [1.29, 1.82) is 0 Å². The zero-order valence-electron chi connectivity index (χ0n) is 10.4. The lowest BCUT2D eigenvalue weighted by molar-refractivity contribution is -0.384. The van der Waals surface area contributed by atoms with E-state index in [9.17, 15) is 14.9 Å². The van der Waals surface area contributed by atoms with Gasteiger partial charge < -0.3 is 4.74 Å². The highest BCUT2D eigenvalue weighted by Gasteiger charge is 2.12. The average Bonchev–Trinajstić information content (AvgIpc) is 2.41. The quantitative estimate of drug-likeness (QED) is 0.454. The molecule has 0 unspecified atom stereocenters. The molecule has 1 heterocycles. The summed E-state index contributed by atoms with van der Waals surface area (Å²) in [5, 5.41) is 14.8. The Labute approximate surface area is 127 Å². The normalized spacial score (nSPS) is 10.3. The fourth-order valence-electron chi connectivity index (χ4n) is 1.69. The molecule has 1 aromatic carbocycles. The standard InChI is InChI=1S/C12H10IN3O4/c1-20-11-3-2-10(16(18)19)4-8(11)7-15-12(17)5-9(13)6-14-15/h2-6H,7H2,1H3. The minimum Gasteiger partial charge on any atom is -0.496 e. The van der Waals surface area contributed by atoms with Gasteiger partial charge in [-0.3, -0.25) is 14.9 Å². The molecule has 2 rings (SSSR count). The van der Waals surface area contributed by atoms with Crippen LogP contribution in [0.15, 0.2) is 35.3 Å². The first-order chi connectivity index (χ1) is 9.51. The molecule has 20 heavy (non-hydrogen) atoms. The van der Waals surface area contributed by atoms with Gasteiger partial charge >= 0.3 is 0 Å². The lowest BCUT2D eigenvalue weighted by Crippen LogP contribution is -2.23. The molecule has 8 heteroatoms. The number of methoxy groups -OCH3 is 1. The van der Waals surface area contributed by atoms with Crippen LogP contribution in [0.1, 0.15) is 5.56 Å². The molecule has 1 aromatic heterocycles. The van der Waals surface area contributed by atoms with E-state index < -0.39 is 4.92 Å². The van der Waals surface area contributed by atoms with Gasteiger partial charge in [-0.2, -0.15) is 5.10 Å². The van der Waals surface area contributed by atoms with Gasteiger partial charge in [-0.1, -0.05) is 0 Å². The van der Waals surface area contributed by atoms with Crippen molar-refractivity contribution in [1.82, 2.24) is 9.78 Å². The van der Waals surface area contributed by atoms with Crippen molar-refractivity contribution in [2.75, 3.05) is 7.11 Å². The first-order valence-corrected chi connectivity index (χ1v) is 6.63. The van der Waals surface area contributed by atoms with Gasteiger partial charge in [-0.25, -0.2) is 4.68 Å². The second kappa shape index (κ2) is 5.99. The summed E-state index contributed by atoms with van der Waals surface area (Å²) in [5.41, 5.74) is 0.197. The summed E-state index contributed by atoms with van der Waals surface area (Å²) in [6, 6.07) is 5.68. The predicted molar refractivity (Wildman–Crippen MR) is 80.0 cm³/mol. The van der Waals surface area contributed by atoms with Crippen molar-refractivity contribution in [2.45, 2.75) is 6.54 Å². The number of non-ortho nitro benzene ring substituents is 1. The maximum absolute atomic E-state index is 11.8. The Morgan fingerprint density at radius 3 is 2.80 bits per heavy atom. The number of aromatic nitrogens is 2. The molecule has 0 spiro atoms. The third-order valence-electron chi connectivity index (χ3n) is 2.63. The highest BCUT2D eigenvalue weighted by atomic mass is 127. The van der Waals surface area contributed by atoms with Crippen LogP contribution in [0.4, 0.5) is 5.69 Å². The number of nitro groups is 1. The van der Waals surface area contributed by atoms with E-state index in [1.807, 2.05) is 22.6 Å². The van der Waals surface area contributed by atoms with Gasteiger partial charge in [-0.15, -0.1) is 0 Å². The first-order valence-electron chi connectivity index (χ1n) is 5.55. The lowest BCUT2D eigenvalue weighted by Gasteiger charge is -2.09. The van der Waals surface area contributed by atoms with E-state index in [-0.39, 0.29) is 17.8 Å². The summed E-state index contributed by atoms with van der Waals surface area (Å²) in [7, 11) is 1.47. The molecule has 0 amide bonds. The minimum absolute atomic E-state index is 0.0561. The molecule has 0 aliphatic heterocycles. The van der Waals surface area contributed by atoms with Crippen molar-refractivity contribution in [2.24, 2.45) is 0 Å². The number of hydrogen-bond acceptors (Lipinski definition) is 5. The molecule has 0 aliphatic rings. The molecule has 0 bridgehead atoms. The predicted octanol–water partition coefficient (Wildman–Crippen LogP) is 1.81. The van der Waals surface area contributed by atoms with Crippen LogP contribution in [0.5, 0.6) is 5.75 Å².